The number of aromatic nitrogens is 1. The Kier molecular flexibility index (Phi) is 4.94. The summed E-state index contributed by atoms with van der Waals surface area (Å²) in [7, 11) is 0. The minimum Gasteiger partial charge on any atom is -0.397 e. The molecule has 4 nitrogen and oxygen atoms in total. The number of nitrogen functional groups attached to an aromatic ring is 1. The molecule has 0 bridgehead atoms. The Bertz CT molecular complexity index is 359. The van der Waals surface area contributed by atoms with Gasteiger partial charge in [0.2, 0.25) is 5.91 Å². The van der Waals surface area contributed by atoms with Gasteiger partial charge in [-0.3, -0.25) is 9.78 Å². The number of hydrogen-bond acceptors (Lipinski definition) is 3. The molecule has 1 aromatic rings. The Hall–Kier alpha value is -1.58. The van der Waals surface area contributed by atoms with Gasteiger partial charge in [0.05, 0.1) is 18.3 Å². The minimum atomic E-state index is 0.00965. The lowest BCUT2D eigenvalue weighted by atomic mass is 10.1. The number of rotatable bonds is 5. The van der Waals surface area contributed by atoms with Gasteiger partial charge < -0.3 is 11.1 Å². The largest absolute Gasteiger partial charge is 0.397 e. The van der Waals surface area contributed by atoms with E-state index in [1.807, 2.05) is 6.92 Å². The Labute approximate surface area is 103 Å². The van der Waals surface area contributed by atoms with Gasteiger partial charge >= 0.3 is 0 Å². The van der Waals surface area contributed by atoms with Crippen LogP contribution >= 0.6 is 0 Å². The van der Waals surface area contributed by atoms with Crippen molar-refractivity contribution in [1.82, 2.24) is 10.3 Å². The summed E-state index contributed by atoms with van der Waals surface area (Å²) >= 11 is 0. The van der Waals surface area contributed by atoms with Crippen LogP contribution in [0, 0.1) is 5.92 Å². The molecule has 4 heteroatoms. The first kappa shape index (κ1) is 13.5. The molecule has 0 saturated carbocycles. The van der Waals surface area contributed by atoms with E-state index in [0.717, 1.165) is 12.1 Å². The van der Waals surface area contributed by atoms with Crippen LogP contribution in [-0.4, -0.2) is 16.9 Å². The molecule has 1 rings (SSSR count). The van der Waals surface area contributed by atoms with E-state index in [-0.39, 0.29) is 11.9 Å². The lowest BCUT2D eigenvalue weighted by Gasteiger charge is -2.15. The minimum absolute atomic E-state index is 0.00965. The standard InChI is InChI=1S/C13H21N3O/c1-9(2)6-10(3)16-13(17)7-12-5-4-11(14)8-15-12/h4-5,8-10H,6-7,14H2,1-3H3,(H,16,17). The van der Waals surface area contributed by atoms with Gasteiger partial charge in [0.15, 0.2) is 0 Å². The van der Waals surface area contributed by atoms with E-state index in [2.05, 4.69) is 24.1 Å². The summed E-state index contributed by atoms with van der Waals surface area (Å²) in [6.45, 7) is 6.31. The zero-order valence-electron chi connectivity index (χ0n) is 10.7. The predicted octanol–water partition coefficient (Wildman–Crippen LogP) is 1.76. The lowest BCUT2D eigenvalue weighted by Crippen LogP contribution is -2.34. The number of carbonyl (C=O) groups is 1. The molecule has 0 aliphatic carbocycles. The summed E-state index contributed by atoms with van der Waals surface area (Å²) in [6, 6.07) is 3.74. The Balaban J connectivity index is 2.41. The number of carbonyl (C=O) groups excluding carboxylic acids is 1. The highest BCUT2D eigenvalue weighted by molar-refractivity contribution is 5.78. The number of pyridine rings is 1. The molecule has 3 N–H and O–H groups in total. The fourth-order valence-corrected chi connectivity index (χ4v) is 1.80. The van der Waals surface area contributed by atoms with Crippen LogP contribution in [0.3, 0.4) is 0 Å². The summed E-state index contributed by atoms with van der Waals surface area (Å²) in [6.07, 6.45) is 2.86. The highest BCUT2D eigenvalue weighted by Crippen LogP contribution is 2.05. The number of anilines is 1. The van der Waals surface area contributed by atoms with E-state index in [9.17, 15) is 4.79 Å². The van der Waals surface area contributed by atoms with E-state index in [1.165, 1.54) is 0 Å². The van der Waals surface area contributed by atoms with Crippen molar-refractivity contribution in [3.05, 3.63) is 24.0 Å². The van der Waals surface area contributed by atoms with Gasteiger partial charge in [-0.15, -0.1) is 0 Å². The van der Waals surface area contributed by atoms with Crippen LogP contribution < -0.4 is 11.1 Å². The van der Waals surface area contributed by atoms with Crippen LogP contribution in [0.1, 0.15) is 32.9 Å². The van der Waals surface area contributed by atoms with Crippen LogP contribution in [0.2, 0.25) is 0 Å². The van der Waals surface area contributed by atoms with Gasteiger partial charge in [-0.1, -0.05) is 13.8 Å². The van der Waals surface area contributed by atoms with Crippen molar-refractivity contribution in [3.63, 3.8) is 0 Å². The van der Waals surface area contributed by atoms with Crippen molar-refractivity contribution >= 4 is 11.6 Å². The third kappa shape index (κ3) is 5.33. The van der Waals surface area contributed by atoms with Crippen LogP contribution in [-0.2, 0) is 11.2 Å². The second kappa shape index (κ2) is 6.23. The van der Waals surface area contributed by atoms with Gasteiger partial charge in [-0.25, -0.2) is 0 Å². The second-order valence-electron chi connectivity index (χ2n) is 4.86. The predicted molar refractivity (Wildman–Crippen MR) is 69.4 cm³/mol. The highest BCUT2D eigenvalue weighted by atomic mass is 16.1. The zero-order valence-corrected chi connectivity index (χ0v) is 10.7. The van der Waals surface area contributed by atoms with Crippen LogP contribution in [0.5, 0.6) is 0 Å². The van der Waals surface area contributed by atoms with Crippen molar-refractivity contribution < 1.29 is 4.79 Å². The normalized spacial score (nSPS) is 12.5. The first-order chi connectivity index (χ1) is 7.97. The maximum absolute atomic E-state index is 11.7. The monoisotopic (exact) mass is 235 g/mol. The smallest absolute Gasteiger partial charge is 0.226 e. The van der Waals surface area contributed by atoms with E-state index < -0.39 is 0 Å². The lowest BCUT2D eigenvalue weighted by molar-refractivity contribution is -0.121. The molecule has 0 radical (unpaired) electrons. The molecular formula is C13H21N3O. The number of hydrogen-bond donors (Lipinski definition) is 2. The van der Waals surface area contributed by atoms with Crippen molar-refractivity contribution in [3.8, 4) is 0 Å². The van der Waals surface area contributed by atoms with Gasteiger partial charge in [0.25, 0.3) is 0 Å². The summed E-state index contributed by atoms with van der Waals surface area (Å²) < 4.78 is 0. The van der Waals surface area contributed by atoms with E-state index in [4.69, 9.17) is 5.73 Å². The van der Waals surface area contributed by atoms with Gasteiger partial charge in [0.1, 0.15) is 0 Å². The molecule has 1 unspecified atom stereocenters. The van der Waals surface area contributed by atoms with Gasteiger partial charge in [-0.05, 0) is 31.4 Å². The number of amides is 1. The van der Waals surface area contributed by atoms with Crippen LogP contribution in [0.15, 0.2) is 18.3 Å². The zero-order chi connectivity index (χ0) is 12.8. The first-order valence-corrected chi connectivity index (χ1v) is 5.97. The molecule has 0 aromatic carbocycles. The third-order valence-electron chi connectivity index (χ3n) is 2.42. The van der Waals surface area contributed by atoms with Crippen molar-refractivity contribution in [2.45, 2.75) is 39.7 Å². The number of nitrogens with one attached hydrogen (secondary N) is 1. The van der Waals surface area contributed by atoms with Crippen molar-refractivity contribution in [2.75, 3.05) is 5.73 Å². The topological polar surface area (TPSA) is 68.0 Å². The highest BCUT2D eigenvalue weighted by Gasteiger charge is 2.10. The molecule has 94 valence electrons. The molecule has 0 aliphatic heterocycles. The molecule has 1 amide bonds. The van der Waals surface area contributed by atoms with E-state index in [1.54, 1.807) is 18.3 Å². The van der Waals surface area contributed by atoms with Crippen LogP contribution in [0.25, 0.3) is 0 Å². The quantitative estimate of drug-likeness (QED) is 0.817. The molecule has 1 heterocycles. The maximum Gasteiger partial charge on any atom is 0.226 e. The molecule has 0 aliphatic rings. The maximum atomic E-state index is 11.7. The molecule has 17 heavy (non-hydrogen) atoms. The molecule has 0 saturated heterocycles. The van der Waals surface area contributed by atoms with Crippen molar-refractivity contribution in [1.29, 1.82) is 0 Å². The van der Waals surface area contributed by atoms with Gasteiger partial charge in [0, 0.05) is 11.7 Å². The molecule has 1 atom stereocenters. The molecular weight excluding hydrogens is 214 g/mol. The average Bonchev–Trinajstić information content (AvgIpc) is 2.19. The summed E-state index contributed by atoms with van der Waals surface area (Å²) in [5.41, 5.74) is 6.89. The third-order valence-corrected chi connectivity index (χ3v) is 2.42. The second-order valence-corrected chi connectivity index (χ2v) is 4.86. The Morgan fingerprint density at radius 1 is 1.41 bits per heavy atom. The Morgan fingerprint density at radius 2 is 2.12 bits per heavy atom. The van der Waals surface area contributed by atoms with E-state index >= 15 is 0 Å². The van der Waals surface area contributed by atoms with Gasteiger partial charge in [-0.2, -0.15) is 0 Å². The SMILES string of the molecule is CC(C)CC(C)NC(=O)Cc1ccc(N)cn1. The summed E-state index contributed by atoms with van der Waals surface area (Å²) in [5.74, 6) is 0.593. The first-order valence-electron chi connectivity index (χ1n) is 5.97. The number of nitrogens with zero attached hydrogens (tertiary/aromatic N) is 1. The van der Waals surface area contributed by atoms with E-state index in [0.29, 0.717) is 18.0 Å². The van der Waals surface area contributed by atoms with Crippen molar-refractivity contribution in [2.24, 2.45) is 5.92 Å². The molecule has 1 aromatic heterocycles. The summed E-state index contributed by atoms with van der Waals surface area (Å²) in [5, 5.41) is 2.96. The fraction of sp³-hybridized carbons (Fsp3) is 0.538. The fourth-order valence-electron chi connectivity index (χ4n) is 1.80. The summed E-state index contributed by atoms with van der Waals surface area (Å²) in [4.78, 5) is 15.8. The molecule has 0 fully saturated rings. The molecule has 0 spiro atoms. The Morgan fingerprint density at radius 3 is 2.65 bits per heavy atom. The van der Waals surface area contributed by atoms with Crippen LogP contribution in [0.4, 0.5) is 5.69 Å². The number of nitrogens with two attached hydrogens (primary N) is 1. The average molecular weight is 235 g/mol.